The van der Waals surface area contributed by atoms with Gasteiger partial charge in [0.1, 0.15) is 17.0 Å². The first-order valence-electron chi connectivity index (χ1n) is 5.75. The van der Waals surface area contributed by atoms with Gasteiger partial charge in [-0.25, -0.2) is 8.42 Å². The van der Waals surface area contributed by atoms with Gasteiger partial charge in [-0.05, 0) is 36.6 Å². The Labute approximate surface area is 132 Å². The fraction of sp³-hybridized carbons (Fsp3) is 0.333. The van der Waals surface area contributed by atoms with E-state index in [-0.39, 0.29) is 21.9 Å². The third kappa shape index (κ3) is 4.89. The second-order valence-electron chi connectivity index (χ2n) is 4.05. The number of nitrogens with one attached hydrogen (secondary N) is 1. The van der Waals surface area contributed by atoms with Crippen LogP contribution in [0.25, 0.3) is 0 Å². The van der Waals surface area contributed by atoms with E-state index in [0.717, 1.165) is 6.07 Å². The van der Waals surface area contributed by atoms with E-state index in [2.05, 4.69) is 4.72 Å². The summed E-state index contributed by atoms with van der Waals surface area (Å²) in [4.78, 5) is 10.8. The third-order valence-electron chi connectivity index (χ3n) is 2.56. The molecular formula is C12H13ClN2O4S2. The first-order valence-corrected chi connectivity index (χ1v) is 9.01. The molecule has 0 amide bonds. The smallest absolute Gasteiger partial charge is 0.321 e. The lowest BCUT2D eigenvalue weighted by Crippen LogP contribution is -2.41. The molecule has 0 aliphatic rings. The Morgan fingerprint density at radius 3 is 2.76 bits per heavy atom. The summed E-state index contributed by atoms with van der Waals surface area (Å²) in [6, 6.07) is 4.27. The van der Waals surface area contributed by atoms with Crippen molar-refractivity contribution in [3.05, 3.63) is 28.8 Å². The Bertz CT molecular complexity index is 670. The van der Waals surface area contributed by atoms with Gasteiger partial charge >= 0.3 is 5.97 Å². The zero-order chi connectivity index (χ0) is 16.0. The van der Waals surface area contributed by atoms with Gasteiger partial charge in [0.15, 0.2) is 0 Å². The molecule has 0 saturated carbocycles. The standard InChI is InChI=1S/C12H13ClN2O4S2/c1-20-5-4-10(12(16)17)15-21(18,19)11-6-9(13)3-2-8(11)7-14/h2-3,6,10,15H,4-5H2,1H3,(H,16,17)/t10-/m1/s1. The second kappa shape index (κ2) is 7.66. The summed E-state index contributed by atoms with van der Waals surface area (Å²) < 4.78 is 26.6. The molecule has 114 valence electrons. The minimum Gasteiger partial charge on any atom is -0.480 e. The first-order chi connectivity index (χ1) is 9.81. The number of sulfonamides is 1. The summed E-state index contributed by atoms with van der Waals surface area (Å²) in [6.45, 7) is 0. The number of halogens is 1. The molecule has 1 aromatic rings. The Hall–Kier alpha value is -1.27. The van der Waals surface area contributed by atoms with Crippen LogP contribution < -0.4 is 4.72 Å². The van der Waals surface area contributed by atoms with Crippen LogP contribution in [0, 0.1) is 11.3 Å². The highest BCUT2D eigenvalue weighted by molar-refractivity contribution is 7.98. The van der Waals surface area contributed by atoms with Gasteiger partial charge < -0.3 is 5.11 Å². The van der Waals surface area contributed by atoms with Gasteiger partial charge in [0.05, 0.1) is 5.56 Å². The lowest BCUT2D eigenvalue weighted by atomic mass is 10.2. The SMILES string of the molecule is CSCC[C@@H](NS(=O)(=O)c1cc(Cl)ccc1C#N)C(=O)O. The summed E-state index contributed by atoms with van der Waals surface area (Å²) in [6.07, 6.45) is 1.93. The number of carbonyl (C=O) groups is 1. The number of nitriles is 1. The van der Waals surface area contributed by atoms with Gasteiger partial charge in [-0.1, -0.05) is 11.6 Å². The highest BCUT2D eigenvalue weighted by atomic mass is 35.5. The number of carboxylic acid groups (broad SMARTS) is 1. The number of aliphatic carboxylic acids is 1. The molecule has 1 atom stereocenters. The predicted molar refractivity (Wildman–Crippen MR) is 80.9 cm³/mol. The van der Waals surface area contributed by atoms with E-state index in [4.69, 9.17) is 22.0 Å². The average molecular weight is 349 g/mol. The molecule has 0 aromatic heterocycles. The van der Waals surface area contributed by atoms with E-state index < -0.39 is 22.0 Å². The largest absolute Gasteiger partial charge is 0.480 e. The van der Waals surface area contributed by atoms with Gasteiger partial charge in [0.2, 0.25) is 10.0 Å². The number of benzene rings is 1. The van der Waals surface area contributed by atoms with E-state index in [1.165, 1.54) is 23.9 Å². The fourth-order valence-corrected chi connectivity index (χ4v) is 3.64. The molecule has 0 bridgehead atoms. The lowest BCUT2D eigenvalue weighted by Gasteiger charge is -2.15. The normalized spacial score (nSPS) is 12.6. The maximum absolute atomic E-state index is 12.3. The van der Waals surface area contributed by atoms with Crippen molar-refractivity contribution in [2.75, 3.05) is 12.0 Å². The molecule has 0 aliphatic heterocycles. The topological polar surface area (TPSA) is 107 Å². The van der Waals surface area contributed by atoms with Gasteiger partial charge in [0, 0.05) is 5.02 Å². The van der Waals surface area contributed by atoms with Crippen LogP contribution in [0.15, 0.2) is 23.1 Å². The molecule has 0 saturated heterocycles. The monoisotopic (exact) mass is 348 g/mol. The van der Waals surface area contributed by atoms with Gasteiger partial charge in [-0.2, -0.15) is 21.7 Å². The van der Waals surface area contributed by atoms with Crippen LogP contribution in [0.3, 0.4) is 0 Å². The van der Waals surface area contributed by atoms with Crippen LogP contribution in [0.1, 0.15) is 12.0 Å². The first kappa shape index (κ1) is 17.8. The Morgan fingerprint density at radius 2 is 2.24 bits per heavy atom. The van der Waals surface area contributed by atoms with E-state index in [9.17, 15) is 13.2 Å². The highest BCUT2D eigenvalue weighted by Crippen LogP contribution is 2.21. The van der Waals surface area contributed by atoms with Crippen molar-refractivity contribution in [2.24, 2.45) is 0 Å². The average Bonchev–Trinajstić information content (AvgIpc) is 2.43. The molecule has 0 unspecified atom stereocenters. The molecule has 21 heavy (non-hydrogen) atoms. The van der Waals surface area contributed by atoms with Crippen molar-refractivity contribution in [1.29, 1.82) is 5.26 Å². The molecule has 1 rings (SSSR count). The van der Waals surface area contributed by atoms with Crippen molar-refractivity contribution in [3.63, 3.8) is 0 Å². The van der Waals surface area contributed by atoms with Crippen molar-refractivity contribution >= 4 is 39.4 Å². The number of rotatable bonds is 7. The van der Waals surface area contributed by atoms with Crippen LogP contribution in [0.4, 0.5) is 0 Å². The molecular weight excluding hydrogens is 336 g/mol. The van der Waals surface area contributed by atoms with Gasteiger partial charge in [-0.3, -0.25) is 4.79 Å². The van der Waals surface area contributed by atoms with Gasteiger partial charge in [-0.15, -0.1) is 0 Å². The van der Waals surface area contributed by atoms with Crippen molar-refractivity contribution < 1.29 is 18.3 Å². The molecule has 0 spiro atoms. The van der Waals surface area contributed by atoms with E-state index in [1.807, 2.05) is 0 Å². The minimum absolute atomic E-state index is 0.0964. The van der Waals surface area contributed by atoms with E-state index in [1.54, 1.807) is 12.3 Å². The molecule has 0 radical (unpaired) electrons. The lowest BCUT2D eigenvalue weighted by molar-refractivity contribution is -0.139. The molecule has 2 N–H and O–H groups in total. The maximum atomic E-state index is 12.3. The van der Waals surface area contributed by atoms with Crippen molar-refractivity contribution in [1.82, 2.24) is 4.72 Å². The molecule has 0 fully saturated rings. The fourth-order valence-electron chi connectivity index (χ4n) is 1.53. The van der Waals surface area contributed by atoms with Crippen LogP contribution in [-0.2, 0) is 14.8 Å². The molecule has 9 heteroatoms. The van der Waals surface area contributed by atoms with Crippen LogP contribution in [0.2, 0.25) is 5.02 Å². The highest BCUT2D eigenvalue weighted by Gasteiger charge is 2.27. The Morgan fingerprint density at radius 1 is 1.57 bits per heavy atom. The van der Waals surface area contributed by atoms with Crippen LogP contribution >= 0.6 is 23.4 Å². The summed E-state index contributed by atoms with van der Waals surface area (Å²) >= 11 is 7.15. The molecule has 6 nitrogen and oxygen atoms in total. The van der Waals surface area contributed by atoms with Crippen molar-refractivity contribution in [2.45, 2.75) is 17.4 Å². The number of hydrogen-bond acceptors (Lipinski definition) is 5. The van der Waals surface area contributed by atoms with Gasteiger partial charge in [0.25, 0.3) is 0 Å². The molecule has 1 aromatic carbocycles. The maximum Gasteiger partial charge on any atom is 0.321 e. The number of nitrogens with zero attached hydrogens (tertiary/aromatic N) is 1. The quantitative estimate of drug-likeness (QED) is 0.776. The summed E-state index contributed by atoms with van der Waals surface area (Å²) in [7, 11) is -4.15. The van der Waals surface area contributed by atoms with Crippen molar-refractivity contribution in [3.8, 4) is 6.07 Å². The third-order valence-corrected chi connectivity index (χ3v) is 4.95. The minimum atomic E-state index is -4.15. The number of thioether (sulfide) groups is 1. The zero-order valence-electron chi connectivity index (χ0n) is 11.0. The second-order valence-corrected chi connectivity index (χ2v) is 7.15. The summed E-state index contributed by atoms with van der Waals surface area (Å²) in [5, 5.41) is 18.2. The summed E-state index contributed by atoms with van der Waals surface area (Å²) in [5.41, 5.74) is -0.0964. The zero-order valence-corrected chi connectivity index (χ0v) is 13.4. The Kier molecular flexibility index (Phi) is 6.48. The van der Waals surface area contributed by atoms with Crippen LogP contribution in [0.5, 0.6) is 0 Å². The molecule has 0 aliphatic carbocycles. The van der Waals surface area contributed by atoms with E-state index >= 15 is 0 Å². The van der Waals surface area contributed by atoms with Crippen LogP contribution in [-0.4, -0.2) is 37.5 Å². The summed E-state index contributed by atoms with van der Waals surface area (Å²) in [5.74, 6) is -0.784. The van der Waals surface area contributed by atoms with E-state index in [0.29, 0.717) is 5.75 Å². The predicted octanol–water partition coefficient (Wildman–Crippen LogP) is 1.70. The Balaban J connectivity index is 3.13. The number of hydrogen-bond donors (Lipinski definition) is 2. The number of carboxylic acids is 1. The molecule has 0 heterocycles.